The average molecular weight is 460 g/mol. The molecule has 2 aromatic carbocycles. The van der Waals surface area contributed by atoms with Gasteiger partial charge >= 0.3 is 0 Å². The van der Waals surface area contributed by atoms with Gasteiger partial charge in [0.25, 0.3) is 0 Å². The van der Waals surface area contributed by atoms with Crippen LogP contribution in [0.25, 0.3) is 0 Å². The van der Waals surface area contributed by atoms with Gasteiger partial charge in [0.15, 0.2) is 0 Å². The highest BCUT2D eigenvalue weighted by Crippen LogP contribution is 2.36. The van der Waals surface area contributed by atoms with Crippen LogP contribution in [0.4, 0.5) is 0 Å². The second kappa shape index (κ2) is 9.32. The van der Waals surface area contributed by atoms with E-state index in [0.717, 1.165) is 11.1 Å². The molecule has 0 saturated carbocycles. The largest absolute Gasteiger partial charge is 0.456 e. The molecular formula is C19H23Cl2N3O4S. The quantitative estimate of drug-likeness (QED) is 0.715. The number of piperazine rings is 1. The molecule has 1 saturated heterocycles. The zero-order chi connectivity index (χ0) is 20.5. The van der Waals surface area contributed by atoms with Gasteiger partial charge in [0.1, 0.15) is 16.4 Å². The van der Waals surface area contributed by atoms with E-state index < -0.39 is 15.9 Å². The van der Waals surface area contributed by atoms with E-state index >= 15 is 0 Å². The fourth-order valence-corrected chi connectivity index (χ4v) is 4.96. The number of primary amides is 1. The lowest BCUT2D eigenvalue weighted by Crippen LogP contribution is -2.46. The molecular weight excluding hydrogens is 437 g/mol. The predicted molar refractivity (Wildman–Crippen MR) is 115 cm³/mol. The molecule has 1 amide bonds. The summed E-state index contributed by atoms with van der Waals surface area (Å²) in [7, 11) is -3.90. The fourth-order valence-electron chi connectivity index (χ4n) is 3.15. The third-order valence-electron chi connectivity index (χ3n) is 4.42. The summed E-state index contributed by atoms with van der Waals surface area (Å²) in [6, 6.07) is 8.09. The van der Waals surface area contributed by atoms with Crippen molar-refractivity contribution < 1.29 is 17.9 Å². The Morgan fingerprint density at radius 1 is 1.10 bits per heavy atom. The van der Waals surface area contributed by atoms with E-state index in [0.29, 0.717) is 31.9 Å². The normalized spacial score (nSPS) is 14.9. The molecule has 1 heterocycles. The summed E-state index contributed by atoms with van der Waals surface area (Å²) < 4.78 is 33.7. The van der Waals surface area contributed by atoms with Gasteiger partial charge in [-0.05, 0) is 43.2 Å². The van der Waals surface area contributed by atoms with Crippen molar-refractivity contribution in [3.63, 3.8) is 0 Å². The maximum Gasteiger partial charge on any atom is 0.250 e. The number of carbonyl (C=O) groups excluding carboxylic acids is 1. The van der Waals surface area contributed by atoms with Crippen LogP contribution < -0.4 is 15.8 Å². The van der Waals surface area contributed by atoms with E-state index in [2.05, 4.69) is 5.32 Å². The van der Waals surface area contributed by atoms with Crippen LogP contribution >= 0.6 is 24.0 Å². The number of benzene rings is 2. The number of sulfonamides is 1. The van der Waals surface area contributed by atoms with Crippen LogP contribution in [0.1, 0.15) is 21.5 Å². The summed E-state index contributed by atoms with van der Waals surface area (Å²) in [6.07, 6.45) is 0. The molecule has 0 atom stereocenters. The van der Waals surface area contributed by atoms with Crippen molar-refractivity contribution in [2.75, 3.05) is 26.2 Å². The third kappa shape index (κ3) is 5.21. The first kappa shape index (κ1) is 23.4. The van der Waals surface area contributed by atoms with Crippen molar-refractivity contribution in [2.45, 2.75) is 18.7 Å². The van der Waals surface area contributed by atoms with Gasteiger partial charge in [-0.25, -0.2) is 8.42 Å². The topological polar surface area (TPSA) is 102 Å². The van der Waals surface area contributed by atoms with Crippen LogP contribution in [0, 0.1) is 13.8 Å². The van der Waals surface area contributed by atoms with Crippen LogP contribution in [0.3, 0.4) is 0 Å². The Morgan fingerprint density at radius 3 is 2.24 bits per heavy atom. The Kier molecular flexibility index (Phi) is 7.53. The van der Waals surface area contributed by atoms with Crippen molar-refractivity contribution in [3.8, 4) is 11.5 Å². The summed E-state index contributed by atoms with van der Waals surface area (Å²) in [5.74, 6) is -0.268. The Hall–Kier alpha value is -1.84. The zero-order valence-electron chi connectivity index (χ0n) is 16.1. The molecule has 0 aromatic heterocycles. The van der Waals surface area contributed by atoms with Gasteiger partial charge in [0.05, 0.1) is 10.6 Å². The minimum atomic E-state index is -3.90. The lowest BCUT2D eigenvalue weighted by atomic mass is 10.1. The fraction of sp³-hybridized carbons (Fsp3) is 0.316. The number of ether oxygens (including phenoxy) is 1. The minimum Gasteiger partial charge on any atom is -0.456 e. The molecule has 3 N–H and O–H groups in total. The molecule has 0 bridgehead atoms. The smallest absolute Gasteiger partial charge is 0.250 e. The number of halogens is 2. The molecule has 0 radical (unpaired) electrons. The number of nitrogens with zero attached hydrogens (tertiary/aromatic N) is 1. The zero-order valence-corrected chi connectivity index (χ0v) is 18.5. The SMILES string of the molecule is Cc1cc(C)cc(Oc2cc(Cl)c(C(N)=O)cc2S(=O)(=O)N2CCNCC2)c1.Cl. The third-order valence-corrected chi connectivity index (χ3v) is 6.65. The van der Waals surface area contributed by atoms with Crippen molar-refractivity contribution in [1.29, 1.82) is 0 Å². The second-order valence-corrected chi connectivity index (χ2v) is 9.04. The van der Waals surface area contributed by atoms with Crippen LogP contribution in [0.15, 0.2) is 35.2 Å². The molecule has 3 rings (SSSR count). The standard InChI is InChI=1S/C19H22ClN3O4S.ClH/c1-12-7-13(2)9-14(8-12)27-17-11-16(20)15(19(21)24)10-18(17)28(25,26)23-5-3-22-4-6-23;/h7-11,22H,3-6H2,1-2H3,(H2,21,24);1H. The van der Waals surface area contributed by atoms with Crippen molar-refractivity contribution in [2.24, 2.45) is 5.73 Å². The second-order valence-electron chi connectivity index (χ2n) is 6.72. The maximum absolute atomic E-state index is 13.2. The van der Waals surface area contributed by atoms with E-state index in [1.54, 1.807) is 12.1 Å². The van der Waals surface area contributed by atoms with Gasteiger partial charge in [0, 0.05) is 32.2 Å². The molecule has 1 aliphatic rings. The molecule has 0 unspecified atom stereocenters. The first-order valence-corrected chi connectivity index (χ1v) is 10.6. The van der Waals surface area contributed by atoms with E-state index in [9.17, 15) is 13.2 Å². The van der Waals surface area contributed by atoms with Crippen molar-refractivity contribution >= 4 is 39.9 Å². The molecule has 1 fully saturated rings. The summed E-state index contributed by atoms with van der Waals surface area (Å²) in [4.78, 5) is 11.6. The lowest BCUT2D eigenvalue weighted by Gasteiger charge is -2.27. The van der Waals surface area contributed by atoms with Crippen LogP contribution in [-0.4, -0.2) is 44.8 Å². The first-order chi connectivity index (χ1) is 13.2. The molecule has 7 nitrogen and oxygen atoms in total. The highest BCUT2D eigenvalue weighted by Gasteiger charge is 2.31. The summed E-state index contributed by atoms with van der Waals surface area (Å²) in [5, 5.41) is 3.14. The number of rotatable bonds is 5. The molecule has 10 heteroatoms. The van der Waals surface area contributed by atoms with Crippen molar-refractivity contribution in [1.82, 2.24) is 9.62 Å². The van der Waals surface area contributed by atoms with E-state index in [-0.39, 0.29) is 33.6 Å². The summed E-state index contributed by atoms with van der Waals surface area (Å²) >= 11 is 6.16. The number of nitrogens with two attached hydrogens (primary N) is 1. The average Bonchev–Trinajstić information content (AvgIpc) is 2.61. The molecule has 0 aliphatic carbocycles. The highest BCUT2D eigenvalue weighted by molar-refractivity contribution is 7.89. The lowest BCUT2D eigenvalue weighted by molar-refractivity contribution is 0.1000. The number of hydrogen-bond acceptors (Lipinski definition) is 5. The van der Waals surface area contributed by atoms with Crippen LogP contribution in [0.2, 0.25) is 5.02 Å². The Morgan fingerprint density at radius 2 is 1.69 bits per heavy atom. The Labute approximate surface area is 181 Å². The molecule has 158 valence electrons. The minimum absolute atomic E-state index is 0. The van der Waals surface area contributed by atoms with E-state index in [4.69, 9.17) is 22.1 Å². The molecule has 29 heavy (non-hydrogen) atoms. The van der Waals surface area contributed by atoms with E-state index in [1.165, 1.54) is 16.4 Å². The van der Waals surface area contributed by atoms with Crippen LogP contribution in [0.5, 0.6) is 11.5 Å². The first-order valence-electron chi connectivity index (χ1n) is 8.79. The number of aryl methyl sites for hydroxylation is 2. The van der Waals surface area contributed by atoms with Gasteiger partial charge < -0.3 is 15.8 Å². The monoisotopic (exact) mass is 459 g/mol. The Balaban J connectivity index is 0.00000300. The van der Waals surface area contributed by atoms with Gasteiger partial charge in [-0.2, -0.15) is 4.31 Å². The maximum atomic E-state index is 13.2. The van der Waals surface area contributed by atoms with Gasteiger partial charge in [-0.15, -0.1) is 12.4 Å². The van der Waals surface area contributed by atoms with Crippen molar-refractivity contribution in [3.05, 3.63) is 52.0 Å². The predicted octanol–water partition coefficient (Wildman–Crippen LogP) is 2.86. The number of amides is 1. The van der Waals surface area contributed by atoms with Gasteiger partial charge in [-0.1, -0.05) is 17.7 Å². The van der Waals surface area contributed by atoms with Gasteiger partial charge in [-0.3, -0.25) is 4.79 Å². The molecule has 2 aromatic rings. The van der Waals surface area contributed by atoms with Crippen LogP contribution in [-0.2, 0) is 10.0 Å². The summed E-state index contributed by atoms with van der Waals surface area (Å²) in [6.45, 7) is 5.56. The number of hydrogen-bond donors (Lipinski definition) is 2. The summed E-state index contributed by atoms with van der Waals surface area (Å²) in [5.41, 5.74) is 7.25. The van der Waals surface area contributed by atoms with Gasteiger partial charge in [0.2, 0.25) is 15.9 Å². The highest BCUT2D eigenvalue weighted by atomic mass is 35.5. The molecule has 1 aliphatic heterocycles. The molecule has 0 spiro atoms. The number of nitrogens with one attached hydrogen (secondary N) is 1. The Bertz CT molecular complexity index is 1000. The number of carbonyl (C=O) groups is 1. The van der Waals surface area contributed by atoms with E-state index in [1.807, 2.05) is 19.9 Å².